The lowest BCUT2D eigenvalue weighted by Crippen LogP contribution is -2.28. The van der Waals surface area contributed by atoms with Crippen LogP contribution in [0.15, 0.2) is 224 Å². The Kier molecular flexibility index (Phi) is 7.78. The fourth-order valence-electron chi connectivity index (χ4n) is 8.88. The van der Waals surface area contributed by atoms with Crippen molar-refractivity contribution in [2.75, 3.05) is 4.90 Å². The molecular weight excluding hydrogens is 651 g/mol. The second-order valence-corrected chi connectivity index (χ2v) is 14.0. The molecule has 1 heteroatoms. The van der Waals surface area contributed by atoms with Crippen LogP contribution in [0.5, 0.6) is 0 Å². The molecule has 0 saturated carbocycles. The molecule has 9 aromatic rings. The SMILES string of the molecule is c1ccc(N(c2ccc(-c3cccc4c3-c3ccccc3C4(c3ccccc3)c3ccccc3)cc2)c2ccccc2-c2cccc3ccccc23)cc1. The first-order chi connectivity index (χ1) is 26.8. The molecule has 54 heavy (non-hydrogen) atoms. The highest BCUT2D eigenvalue weighted by molar-refractivity contribution is 6.01. The van der Waals surface area contributed by atoms with Crippen LogP contribution < -0.4 is 4.90 Å². The molecule has 0 spiro atoms. The van der Waals surface area contributed by atoms with Gasteiger partial charge in [0.2, 0.25) is 0 Å². The van der Waals surface area contributed by atoms with Crippen LogP contribution in [-0.4, -0.2) is 0 Å². The number of hydrogen-bond donors (Lipinski definition) is 0. The van der Waals surface area contributed by atoms with E-state index in [0.29, 0.717) is 0 Å². The molecule has 0 fully saturated rings. The van der Waals surface area contributed by atoms with Crippen LogP contribution in [0.1, 0.15) is 22.3 Å². The van der Waals surface area contributed by atoms with Gasteiger partial charge >= 0.3 is 0 Å². The first-order valence-corrected chi connectivity index (χ1v) is 18.7. The number of nitrogens with zero attached hydrogens (tertiary/aromatic N) is 1. The van der Waals surface area contributed by atoms with Crippen molar-refractivity contribution in [3.8, 4) is 33.4 Å². The fraction of sp³-hybridized carbons (Fsp3) is 0.0189. The molecule has 0 saturated heterocycles. The Morgan fingerprint density at radius 3 is 1.56 bits per heavy atom. The van der Waals surface area contributed by atoms with Crippen LogP contribution in [0.4, 0.5) is 17.1 Å². The van der Waals surface area contributed by atoms with Gasteiger partial charge in [0.15, 0.2) is 0 Å². The summed E-state index contributed by atoms with van der Waals surface area (Å²) in [6.07, 6.45) is 0. The summed E-state index contributed by atoms with van der Waals surface area (Å²) >= 11 is 0. The van der Waals surface area contributed by atoms with Gasteiger partial charge in [0.05, 0.1) is 11.1 Å². The summed E-state index contributed by atoms with van der Waals surface area (Å²) in [6, 6.07) is 81.8. The van der Waals surface area contributed by atoms with Gasteiger partial charge in [0, 0.05) is 16.9 Å². The van der Waals surface area contributed by atoms with E-state index in [2.05, 4.69) is 229 Å². The normalized spacial score (nSPS) is 12.6. The minimum Gasteiger partial charge on any atom is -0.310 e. The summed E-state index contributed by atoms with van der Waals surface area (Å²) in [4.78, 5) is 2.39. The van der Waals surface area contributed by atoms with Crippen molar-refractivity contribution in [3.63, 3.8) is 0 Å². The third-order valence-electron chi connectivity index (χ3n) is 11.2. The Hall–Kier alpha value is -6.96. The highest BCUT2D eigenvalue weighted by Gasteiger charge is 2.46. The average molecular weight is 688 g/mol. The van der Waals surface area contributed by atoms with Gasteiger partial charge in [-0.15, -0.1) is 0 Å². The molecule has 0 amide bonds. The van der Waals surface area contributed by atoms with Gasteiger partial charge in [-0.25, -0.2) is 0 Å². The highest BCUT2D eigenvalue weighted by atomic mass is 15.1. The van der Waals surface area contributed by atoms with E-state index in [9.17, 15) is 0 Å². The van der Waals surface area contributed by atoms with E-state index in [1.165, 1.54) is 66.4 Å². The third kappa shape index (κ3) is 5.01. The van der Waals surface area contributed by atoms with E-state index in [1.807, 2.05) is 0 Å². The number of fused-ring (bicyclic) bond motifs is 4. The summed E-state index contributed by atoms with van der Waals surface area (Å²) < 4.78 is 0. The molecule has 0 unspecified atom stereocenters. The standard InChI is InChI=1S/C53H37N/c1-4-20-40(21-5-1)53(41-22-6-2-7-23-41)49-31-14-12-28-48(49)52-45(29-17-32-50(52)53)39-34-36-43(37-35-39)54(42-24-8-3-9-25-42)51-33-15-13-27-47(51)46-30-16-19-38-18-10-11-26-44(38)46/h1-37H. The lowest BCUT2D eigenvalue weighted by molar-refractivity contribution is 0.768. The van der Waals surface area contributed by atoms with Crippen LogP contribution in [0.25, 0.3) is 44.2 Å². The topological polar surface area (TPSA) is 3.24 Å². The Labute approximate surface area is 317 Å². The number of anilines is 3. The Morgan fingerprint density at radius 2 is 0.815 bits per heavy atom. The van der Waals surface area contributed by atoms with Crippen molar-refractivity contribution in [2.24, 2.45) is 0 Å². The second-order valence-electron chi connectivity index (χ2n) is 14.0. The van der Waals surface area contributed by atoms with Crippen molar-refractivity contribution in [1.82, 2.24) is 0 Å². The molecule has 0 heterocycles. The van der Waals surface area contributed by atoms with E-state index in [-0.39, 0.29) is 0 Å². The fourth-order valence-corrected chi connectivity index (χ4v) is 8.88. The van der Waals surface area contributed by atoms with Crippen molar-refractivity contribution < 1.29 is 0 Å². The smallest absolute Gasteiger partial charge is 0.0713 e. The average Bonchev–Trinajstić information content (AvgIpc) is 3.56. The summed E-state index contributed by atoms with van der Waals surface area (Å²) in [5, 5.41) is 2.48. The van der Waals surface area contributed by atoms with Gasteiger partial charge in [-0.05, 0) is 91.2 Å². The molecule has 254 valence electrons. The van der Waals surface area contributed by atoms with Gasteiger partial charge in [-0.2, -0.15) is 0 Å². The summed E-state index contributed by atoms with van der Waals surface area (Å²) in [5.74, 6) is 0. The maximum absolute atomic E-state index is 2.39. The lowest BCUT2D eigenvalue weighted by atomic mass is 9.67. The van der Waals surface area contributed by atoms with Crippen LogP contribution in [0.3, 0.4) is 0 Å². The molecule has 0 radical (unpaired) electrons. The quantitative estimate of drug-likeness (QED) is 0.161. The van der Waals surface area contributed by atoms with Gasteiger partial charge in [0.1, 0.15) is 0 Å². The van der Waals surface area contributed by atoms with E-state index >= 15 is 0 Å². The third-order valence-corrected chi connectivity index (χ3v) is 11.2. The maximum atomic E-state index is 2.39. The zero-order valence-corrected chi connectivity index (χ0v) is 29.8. The van der Waals surface area contributed by atoms with Gasteiger partial charge in [-0.3, -0.25) is 0 Å². The monoisotopic (exact) mass is 687 g/mol. The van der Waals surface area contributed by atoms with Crippen molar-refractivity contribution in [1.29, 1.82) is 0 Å². The lowest BCUT2D eigenvalue weighted by Gasteiger charge is -2.34. The largest absolute Gasteiger partial charge is 0.310 e. The summed E-state index contributed by atoms with van der Waals surface area (Å²) in [6.45, 7) is 0. The van der Waals surface area contributed by atoms with E-state index in [4.69, 9.17) is 0 Å². The first-order valence-electron chi connectivity index (χ1n) is 18.7. The molecule has 1 nitrogen and oxygen atoms in total. The van der Waals surface area contributed by atoms with Crippen LogP contribution in [-0.2, 0) is 5.41 Å². The maximum Gasteiger partial charge on any atom is 0.0713 e. The molecular formula is C53H37N. The van der Waals surface area contributed by atoms with E-state index < -0.39 is 5.41 Å². The van der Waals surface area contributed by atoms with Gasteiger partial charge in [-0.1, -0.05) is 194 Å². The minimum atomic E-state index is -0.431. The Bertz CT molecular complexity index is 2700. The zero-order chi connectivity index (χ0) is 35.9. The number of benzene rings is 9. The van der Waals surface area contributed by atoms with E-state index in [0.717, 1.165) is 17.1 Å². The predicted octanol–water partition coefficient (Wildman–Crippen LogP) is 14.0. The van der Waals surface area contributed by atoms with E-state index in [1.54, 1.807) is 0 Å². The predicted molar refractivity (Wildman–Crippen MR) is 227 cm³/mol. The van der Waals surface area contributed by atoms with Crippen molar-refractivity contribution in [3.05, 3.63) is 247 Å². The molecule has 9 aromatic carbocycles. The Balaban J connectivity index is 1.14. The summed E-state index contributed by atoms with van der Waals surface area (Å²) in [7, 11) is 0. The number of para-hydroxylation sites is 2. The molecule has 1 aliphatic rings. The molecule has 0 N–H and O–H groups in total. The molecule has 1 aliphatic carbocycles. The second kappa shape index (κ2) is 13.2. The van der Waals surface area contributed by atoms with Crippen molar-refractivity contribution >= 4 is 27.8 Å². The zero-order valence-electron chi connectivity index (χ0n) is 29.8. The van der Waals surface area contributed by atoms with Crippen LogP contribution in [0, 0.1) is 0 Å². The summed E-state index contributed by atoms with van der Waals surface area (Å²) in [5.41, 5.74) is 15.5. The first kappa shape index (κ1) is 31.7. The Morgan fingerprint density at radius 1 is 0.315 bits per heavy atom. The number of hydrogen-bond acceptors (Lipinski definition) is 1. The highest BCUT2D eigenvalue weighted by Crippen LogP contribution is 2.58. The molecule has 0 atom stereocenters. The van der Waals surface area contributed by atoms with Crippen LogP contribution in [0.2, 0.25) is 0 Å². The van der Waals surface area contributed by atoms with Crippen molar-refractivity contribution in [2.45, 2.75) is 5.41 Å². The van der Waals surface area contributed by atoms with Gasteiger partial charge < -0.3 is 4.90 Å². The van der Waals surface area contributed by atoms with Gasteiger partial charge in [0.25, 0.3) is 0 Å². The number of rotatable bonds is 7. The molecule has 10 rings (SSSR count). The van der Waals surface area contributed by atoms with Crippen LogP contribution >= 0.6 is 0 Å². The molecule has 0 aliphatic heterocycles. The molecule has 0 bridgehead atoms. The molecule has 0 aromatic heterocycles. The minimum absolute atomic E-state index is 0.431.